The minimum Gasteiger partial charge on any atom is -0.507 e. The number of aromatic hydroxyl groups is 3. The van der Waals surface area contributed by atoms with Crippen LogP contribution in [-0.4, -0.2) is 15.3 Å². The second kappa shape index (κ2) is 7.57. The molecule has 0 bridgehead atoms. The molecule has 0 saturated heterocycles. The molecule has 0 saturated carbocycles. The maximum Gasteiger partial charge on any atom is 0.138 e. The van der Waals surface area contributed by atoms with Crippen LogP contribution in [0.25, 0.3) is 43.8 Å². The van der Waals surface area contributed by atoms with Crippen LogP contribution in [0.4, 0.5) is 0 Å². The molecule has 0 heterocycles. The van der Waals surface area contributed by atoms with Crippen molar-refractivity contribution >= 4 is 37.5 Å². The first-order valence-corrected chi connectivity index (χ1v) is 11.1. The van der Waals surface area contributed by atoms with E-state index in [9.17, 15) is 15.3 Å². The van der Waals surface area contributed by atoms with Gasteiger partial charge in [-0.1, -0.05) is 54.6 Å². The number of rotatable bonds is 2. The fourth-order valence-corrected chi connectivity index (χ4v) is 4.96. The second-order valence-electron chi connectivity index (χ2n) is 8.15. The zero-order valence-corrected chi connectivity index (χ0v) is 19.2. The van der Waals surface area contributed by atoms with Crippen molar-refractivity contribution in [2.24, 2.45) is 0 Å². The maximum absolute atomic E-state index is 11.6. The number of halogens is 1. The first-order valence-electron chi connectivity index (χ1n) is 10.3. The van der Waals surface area contributed by atoms with E-state index in [0.717, 1.165) is 32.7 Å². The zero-order valence-electron chi connectivity index (χ0n) is 17.6. The van der Waals surface area contributed by atoms with Crippen molar-refractivity contribution in [2.75, 3.05) is 0 Å². The highest BCUT2D eigenvalue weighted by molar-refractivity contribution is 9.10. The average molecular weight is 485 g/mol. The van der Waals surface area contributed by atoms with E-state index in [4.69, 9.17) is 0 Å². The highest BCUT2D eigenvalue weighted by Crippen LogP contribution is 2.51. The maximum atomic E-state index is 11.6. The Hall–Kier alpha value is -3.50. The van der Waals surface area contributed by atoms with Crippen LogP contribution in [0.2, 0.25) is 0 Å². The average Bonchev–Trinajstić information content (AvgIpc) is 2.78. The van der Waals surface area contributed by atoms with Crippen LogP contribution in [-0.2, 0) is 0 Å². The van der Waals surface area contributed by atoms with Gasteiger partial charge in [0.1, 0.15) is 17.2 Å². The van der Waals surface area contributed by atoms with Crippen LogP contribution in [0.3, 0.4) is 0 Å². The molecule has 0 fully saturated rings. The Morgan fingerprint density at radius 2 is 1.12 bits per heavy atom. The SMILES string of the molecule is Cc1cc(C)c(O)c(-c2cc3ccccc3c(-c3c(O)c(Br)cc4ccccc34)c2O)c1. The van der Waals surface area contributed by atoms with Gasteiger partial charge in [0.05, 0.1) is 4.47 Å². The standard InChI is InChI=1S/C28H21BrO3/c1-15-11-16(2)26(30)21(12-15)22-13-17-7-3-5-9-19(17)24(27(22)31)25-20-10-6-4-8-18(20)14-23(29)28(25)32/h3-14,30-32H,1-2H3. The van der Waals surface area contributed by atoms with E-state index in [1.54, 1.807) is 0 Å². The molecule has 5 aromatic rings. The Balaban J connectivity index is 1.98. The summed E-state index contributed by atoms with van der Waals surface area (Å²) in [7, 11) is 0. The van der Waals surface area contributed by atoms with Crippen LogP contribution in [0.5, 0.6) is 17.2 Å². The molecule has 4 heteroatoms. The van der Waals surface area contributed by atoms with E-state index < -0.39 is 0 Å². The molecule has 0 aliphatic heterocycles. The molecular formula is C28H21BrO3. The summed E-state index contributed by atoms with van der Waals surface area (Å²) in [6.07, 6.45) is 0. The van der Waals surface area contributed by atoms with Crippen molar-refractivity contribution < 1.29 is 15.3 Å². The van der Waals surface area contributed by atoms with Crippen LogP contribution in [0.15, 0.2) is 77.3 Å². The van der Waals surface area contributed by atoms with E-state index in [2.05, 4.69) is 15.9 Å². The third-order valence-electron chi connectivity index (χ3n) is 5.98. The number of phenols is 3. The van der Waals surface area contributed by atoms with Gasteiger partial charge in [-0.15, -0.1) is 0 Å². The van der Waals surface area contributed by atoms with Gasteiger partial charge in [0.25, 0.3) is 0 Å². The first kappa shape index (κ1) is 20.4. The van der Waals surface area contributed by atoms with Gasteiger partial charge in [-0.3, -0.25) is 0 Å². The quantitative estimate of drug-likeness (QED) is 0.239. The van der Waals surface area contributed by atoms with E-state index in [-0.39, 0.29) is 17.2 Å². The summed E-state index contributed by atoms with van der Waals surface area (Å²) < 4.78 is 0.550. The van der Waals surface area contributed by atoms with E-state index in [1.807, 2.05) is 86.6 Å². The lowest BCUT2D eigenvalue weighted by molar-refractivity contribution is 0.465. The smallest absolute Gasteiger partial charge is 0.138 e. The number of hydrogen-bond acceptors (Lipinski definition) is 3. The van der Waals surface area contributed by atoms with Crippen molar-refractivity contribution in [3.05, 3.63) is 88.4 Å². The minimum absolute atomic E-state index is 0.0163. The van der Waals surface area contributed by atoms with Crippen LogP contribution >= 0.6 is 15.9 Å². The molecule has 0 spiro atoms. The van der Waals surface area contributed by atoms with Crippen molar-refractivity contribution in [1.82, 2.24) is 0 Å². The molecule has 5 rings (SSSR count). The van der Waals surface area contributed by atoms with Gasteiger partial charge in [0.2, 0.25) is 0 Å². The molecular weight excluding hydrogens is 464 g/mol. The number of phenolic OH excluding ortho intramolecular Hbond substituents is 3. The Morgan fingerprint density at radius 1 is 0.594 bits per heavy atom. The Kier molecular flexibility index (Phi) is 4.83. The molecule has 3 nitrogen and oxygen atoms in total. The van der Waals surface area contributed by atoms with Gasteiger partial charge in [-0.2, -0.15) is 0 Å². The first-order chi connectivity index (χ1) is 15.4. The molecule has 0 radical (unpaired) electrons. The highest BCUT2D eigenvalue weighted by atomic mass is 79.9. The Morgan fingerprint density at radius 3 is 1.78 bits per heavy atom. The Labute approximate surface area is 194 Å². The molecule has 0 amide bonds. The molecule has 0 unspecified atom stereocenters. The van der Waals surface area contributed by atoms with E-state index in [0.29, 0.717) is 26.7 Å². The summed E-state index contributed by atoms with van der Waals surface area (Å²) in [5.74, 6) is 0.212. The molecule has 3 N–H and O–H groups in total. The van der Waals surface area contributed by atoms with Gasteiger partial charge in [0, 0.05) is 22.3 Å². The monoisotopic (exact) mass is 484 g/mol. The summed E-state index contributed by atoms with van der Waals surface area (Å²) in [6, 6.07) is 23.1. The van der Waals surface area contributed by atoms with Crippen molar-refractivity contribution in [3.8, 4) is 39.5 Å². The van der Waals surface area contributed by atoms with E-state index in [1.165, 1.54) is 0 Å². The molecule has 0 aliphatic rings. The summed E-state index contributed by atoms with van der Waals surface area (Å²) in [4.78, 5) is 0. The van der Waals surface area contributed by atoms with Crippen LogP contribution < -0.4 is 0 Å². The van der Waals surface area contributed by atoms with Gasteiger partial charge < -0.3 is 15.3 Å². The van der Waals surface area contributed by atoms with Gasteiger partial charge in [-0.05, 0) is 80.6 Å². The fourth-order valence-electron chi connectivity index (χ4n) is 4.52. The minimum atomic E-state index is 0.0163. The third-order valence-corrected chi connectivity index (χ3v) is 6.59. The largest absolute Gasteiger partial charge is 0.507 e. The van der Waals surface area contributed by atoms with Crippen molar-refractivity contribution in [1.29, 1.82) is 0 Å². The number of aryl methyl sites for hydroxylation is 2. The zero-order chi connectivity index (χ0) is 22.6. The Bertz CT molecular complexity index is 1540. The molecule has 5 aromatic carbocycles. The lowest BCUT2D eigenvalue weighted by Gasteiger charge is -2.19. The van der Waals surface area contributed by atoms with Gasteiger partial charge in [-0.25, -0.2) is 0 Å². The number of benzene rings is 5. The lowest BCUT2D eigenvalue weighted by Crippen LogP contribution is -1.92. The van der Waals surface area contributed by atoms with Crippen LogP contribution in [0.1, 0.15) is 11.1 Å². The molecule has 158 valence electrons. The summed E-state index contributed by atoms with van der Waals surface area (Å²) >= 11 is 3.48. The van der Waals surface area contributed by atoms with Crippen molar-refractivity contribution in [3.63, 3.8) is 0 Å². The molecule has 32 heavy (non-hydrogen) atoms. The van der Waals surface area contributed by atoms with Crippen molar-refractivity contribution in [2.45, 2.75) is 13.8 Å². The van der Waals surface area contributed by atoms with E-state index >= 15 is 0 Å². The normalized spacial score (nSPS) is 11.3. The second-order valence-corrected chi connectivity index (χ2v) is 9.00. The number of hydrogen-bond donors (Lipinski definition) is 3. The highest BCUT2D eigenvalue weighted by Gasteiger charge is 2.23. The molecule has 0 aromatic heterocycles. The third kappa shape index (κ3) is 3.10. The predicted octanol–water partition coefficient (Wildman–Crippen LogP) is 7.82. The summed E-state index contributed by atoms with van der Waals surface area (Å²) in [6.45, 7) is 3.81. The van der Waals surface area contributed by atoms with Gasteiger partial charge in [0.15, 0.2) is 0 Å². The summed E-state index contributed by atoms with van der Waals surface area (Å²) in [5.41, 5.74) is 3.89. The predicted molar refractivity (Wildman–Crippen MR) is 134 cm³/mol. The number of fused-ring (bicyclic) bond motifs is 2. The molecule has 0 aliphatic carbocycles. The lowest BCUT2D eigenvalue weighted by atomic mass is 9.88. The fraction of sp³-hybridized carbons (Fsp3) is 0.0714. The van der Waals surface area contributed by atoms with Gasteiger partial charge >= 0.3 is 0 Å². The van der Waals surface area contributed by atoms with Crippen LogP contribution in [0, 0.1) is 13.8 Å². The summed E-state index contributed by atoms with van der Waals surface area (Å²) in [5, 5.41) is 37.1. The topological polar surface area (TPSA) is 60.7 Å². The molecule has 0 atom stereocenters.